The van der Waals surface area contributed by atoms with Crippen molar-refractivity contribution in [3.63, 3.8) is 0 Å². The second kappa shape index (κ2) is 7.24. The molecule has 0 aliphatic rings. The van der Waals surface area contributed by atoms with E-state index in [0.29, 0.717) is 12.1 Å². The molecule has 0 atom stereocenters. The zero-order valence-corrected chi connectivity index (χ0v) is 14.0. The first-order valence-electron chi connectivity index (χ1n) is 7.28. The molecule has 4 nitrogen and oxygen atoms in total. The maximum absolute atomic E-state index is 12.2. The number of hydrogen-bond donors (Lipinski definition) is 1. The zero-order valence-electron chi connectivity index (χ0n) is 12.4. The van der Waals surface area contributed by atoms with Gasteiger partial charge in [0.2, 0.25) is 0 Å². The Hall–Kier alpha value is -2.40. The molecular weight excluding hydrogens is 354 g/mol. The molecule has 0 unspecified atom stereocenters. The van der Waals surface area contributed by atoms with E-state index in [2.05, 4.69) is 38.4 Å². The van der Waals surface area contributed by atoms with Gasteiger partial charge in [-0.1, -0.05) is 46.3 Å². The molecule has 0 saturated heterocycles. The van der Waals surface area contributed by atoms with Gasteiger partial charge in [0.1, 0.15) is 0 Å². The predicted molar refractivity (Wildman–Crippen MR) is 93.1 cm³/mol. The lowest BCUT2D eigenvalue weighted by Crippen LogP contribution is -2.22. The standard InChI is InChI=1S/C18H16BrN3O/c19-17-6-2-5-16(10-17)18(23)21-11-14-3-1-4-15(9-14)12-22-8-7-20-13-22/h1-10,13H,11-12H2,(H,21,23). The van der Waals surface area contributed by atoms with Gasteiger partial charge in [-0.05, 0) is 29.3 Å². The molecule has 3 rings (SSSR count). The van der Waals surface area contributed by atoms with Crippen molar-refractivity contribution in [2.75, 3.05) is 0 Å². The minimum absolute atomic E-state index is 0.0775. The van der Waals surface area contributed by atoms with Crippen LogP contribution >= 0.6 is 15.9 Å². The van der Waals surface area contributed by atoms with Crippen LogP contribution in [0.15, 0.2) is 71.7 Å². The van der Waals surface area contributed by atoms with Crippen molar-refractivity contribution in [2.24, 2.45) is 0 Å². The van der Waals surface area contributed by atoms with Gasteiger partial charge in [0.25, 0.3) is 5.91 Å². The highest BCUT2D eigenvalue weighted by Crippen LogP contribution is 2.12. The van der Waals surface area contributed by atoms with Gasteiger partial charge in [0.15, 0.2) is 0 Å². The SMILES string of the molecule is O=C(NCc1cccc(Cn2ccnc2)c1)c1cccc(Br)c1. The van der Waals surface area contributed by atoms with Crippen LogP contribution in [0.5, 0.6) is 0 Å². The molecule has 1 aromatic heterocycles. The molecule has 1 heterocycles. The number of nitrogens with zero attached hydrogens (tertiary/aromatic N) is 2. The van der Waals surface area contributed by atoms with Crippen LogP contribution in [-0.4, -0.2) is 15.5 Å². The van der Waals surface area contributed by atoms with E-state index in [-0.39, 0.29) is 5.91 Å². The molecule has 0 aliphatic heterocycles. The van der Waals surface area contributed by atoms with Crippen molar-refractivity contribution in [2.45, 2.75) is 13.1 Å². The number of rotatable bonds is 5. The molecular formula is C18H16BrN3O. The maximum atomic E-state index is 12.2. The first-order chi connectivity index (χ1) is 11.2. The van der Waals surface area contributed by atoms with E-state index in [9.17, 15) is 4.79 Å². The number of hydrogen-bond acceptors (Lipinski definition) is 2. The van der Waals surface area contributed by atoms with Crippen LogP contribution in [0.3, 0.4) is 0 Å². The quantitative estimate of drug-likeness (QED) is 0.746. The van der Waals surface area contributed by atoms with E-state index >= 15 is 0 Å². The van der Waals surface area contributed by atoms with E-state index in [1.54, 1.807) is 18.6 Å². The van der Waals surface area contributed by atoms with E-state index in [1.807, 2.05) is 41.1 Å². The van der Waals surface area contributed by atoms with Crippen molar-refractivity contribution in [1.29, 1.82) is 0 Å². The first-order valence-corrected chi connectivity index (χ1v) is 8.07. The smallest absolute Gasteiger partial charge is 0.251 e. The Morgan fingerprint density at radius 1 is 1.13 bits per heavy atom. The lowest BCUT2D eigenvalue weighted by molar-refractivity contribution is 0.0951. The number of nitrogens with one attached hydrogen (secondary N) is 1. The third-order valence-electron chi connectivity index (χ3n) is 3.46. The molecule has 1 amide bonds. The normalized spacial score (nSPS) is 10.5. The molecule has 1 N–H and O–H groups in total. The fourth-order valence-corrected chi connectivity index (χ4v) is 2.74. The molecule has 0 bridgehead atoms. The molecule has 116 valence electrons. The number of aromatic nitrogens is 2. The monoisotopic (exact) mass is 369 g/mol. The van der Waals surface area contributed by atoms with Crippen LogP contribution in [0.4, 0.5) is 0 Å². The van der Waals surface area contributed by atoms with Crippen LogP contribution < -0.4 is 5.32 Å². The molecule has 2 aromatic carbocycles. The Balaban J connectivity index is 1.63. The summed E-state index contributed by atoms with van der Waals surface area (Å²) in [5.41, 5.74) is 2.90. The van der Waals surface area contributed by atoms with Gasteiger partial charge in [-0.3, -0.25) is 4.79 Å². The topological polar surface area (TPSA) is 46.9 Å². The Kier molecular flexibility index (Phi) is 4.88. The summed E-state index contributed by atoms with van der Waals surface area (Å²) < 4.78 is 2.91. The van der Waals surface area contributed by atoms with Crippen LogP contribution in [-0.2, 0) is 13.1 Å². The van der Waals surface area contributed by atoms with E-state index in [4.69, 9.17) is 0 Å². The predicted octanol–water partition coefficient (Wildman–Crippen LogP) is 3.62. The molecule has 5 heteroatoms. The third-order valence-corrected chi connectivity index (χ3v) is 3.95. The molecule has 0 fully saturated rings. The van der Waals surface area contributed by atoms with Gasteiger partial charge in [-0.15, -0.1) is 0 Å². The number of benzene rings is 2. The summed E-state index contributed by atoms with van der Waals surface area (Å²) in [7, 11) is 0. The van der Waals surface area contributed by atoms with Crippen molar-refractivity contribution in [1.82, 2.24) is 14.9 Å². The Morgan fingerprint density at radius 3 is 2.74 bits per heavy atom. The molecule has 0 spiro atoms. The van der Waals surface area contributed by atoms with Crippen molar-refractivity contribution < 1.29 is 4.79 Å². The Morgan fingerprint density at radius 2 is 1.96 bits per heavy atom. The second-order valence-corrected chi connectivity index (χ2v) is 6.16. The summed E-state index contributed by atoms with van der Waals surface area (Å²) >= 11 is 3.38. The highest BCUT2D eigenvalue weighted by atomic mass is 79.9. The average molecular weight is 370 g/mol. The van der Waals surface area contributed by atoms with Gasteiger partial charge in [0, 0.05) is 35.5 Å². The second-order valence-electron chi connectivity index (χ2n) is 5.25. The van der Waals surface area contributed by atoms with Crippen LogP contribution in [0.25, 0.3) is 0 Å². The van der Waals surface area contributed by atoms with Crippen LogP contribution in [0, 0.1) is 0 Å². The Bertz CT molecular complexity index is 800. The highest BCUT2D eigenvalue weighted by molar-refractivity contribution is 9.10. The first kappa shape index (κ1) is 15.5. The van der Waals surface area contributed by atoms with E-state index in [1.165, 1.54) is 5.56 Å². The van der Waals surface area contributed by atoms with Crippen molar-refractivity contribution in [3.8, 4) is 0 Å². The van der Waals surface area contributed by atoms with Crippen LogP contribution in [0.2, 0.25) is 0 Å². The number of halogens is 1. The lowest BCUT2D eigenvalue weighted by atomic mass is 10.1. The number of imidazole rings is 1. The summed E-state index contributed by atoms with van der Waals surface area (Å²) in [6.45, 7) is 1.27. The van der Waals surface area contributed by atoms with Gasteiger partial charge < -0.3 is 9.88 Å². The maximum Gasteiger partial charge on any atom is 0.251 e. The summed E-state index contributed by atoms with van der Waals surface area (Å²) in [6.07, 6.45) is 5.49. The Labute approximate surface area is 143 Å². The average Bonchev–Trinajstić information content (AvgIpc) is 3.06. The number of amides is 1. The fraction of sp³-hybridized carbons (Fsp3) is 0.111. The van der Waals surface area contributed by atoms with Crippen molar-refractivity contribution in [3.05, 3.63) is 88.4 Å². The number of carbonyl (C=O) groups is 1. The van der Waals surface area contributed by atoms with Gasteiger partial charge in [-0.25, -0.2) is 4.98 Å². The van der Waals surface area contributed by atoms with Gasteiger partial charge in [0.05, 0.1) is 6.33 Å². The molecule has 3 aromatic rings. The zero-order chi connectivity index (χ0) is 16.1. The van der Waals surface area contributed by atoms with E-state index < -0.39 is 0 Å². The summed E-state index contributed by atoms with van der Waals surface area (Å²) in [5, 5.41) is 2.95. The fourth-order valence-electron chi connectivity index (χ4n) is 2.34. The lowest BCUT2D eigenvalue weighted by Gasteiger charge is -2.08. The minimum Gasteiger partial charge on any atom is -0.348 e. The van der Waals surface area contributed by atoms with Gasteiger partial charge >= 0.3 is 0 Å². The van der Waals surface area contributed by atoms with E-state index in [0.717, 1.165) is 16.6 Å². The van der Waals surface area contributed by atoms with Crippen LogP contribution in [0.1, 0.15) is 21.5 Å². The highest BCUT2D eigenvalue weighted by Gasteiger charge is 2.05. The third kappa shape index (κ3) is 4.29. The van der Waals surface area contributed by atoms with Crippen molar-refractivity contribution >= 4 is 21.8 Å². The minimum atomic E-state index is -0.0775. The summed E-state index contributed by atoms with van der Waals surface area (Å²) in [6, 6.07) is 15.5. The summed E-state index contributed by atoms with van der Waals surface area (Å²) in [4.78, 5) is 16.2. The molecule has 0 saturated carbocycles. The molecule has 23 heavy (non-hydrogen) atoms. The number of carbonyl (C=O) groups excluding carboxylic acids is 1. The molecule has 0 radical (unpaired) electrons. The molecule has 0 aliphatic carbocycles. The largest absolute Gasteiger partial charge is 0.348 e. The summed E-state index contributed by atoms with van der Waals surface area (Å²) in [5.74, 6) is -0.0775. The van der Waals surface area contributed by atoms with Gasteiger partial charge in [-0.2, -0.15) is 0 Å².